The Morgan fingerprint density at radius 3 is 2.62 bits per heavy atom. The van der Waals surface area contributed by atoms with Gasteiger partial charge in [0.05, 0.1) is 6.61 Å². The number of carbonyl (C=O) groups excluding carboxylic acids is 1. The van der Waals surface area contributed by atoms with E-state index < -0.39 is 20.7 Å². The zero-order valence-electron chi connectivity index (χ0n) is 12.0. The Labute approximate surface area is 124 Å². The van der Waals surface area contributed by atoms with Crippen LogP contribution in [-0.2, 0) is 14.8 Å². The van der Waals surface area contributed by atoms with Gasteiger partial charge in [0.1, 0.15) is 5.75 Å². The number of carbonyl (C=O) groups is 1. The summed E-state index contributed by atoms with van der Waals surface area (Å²) in [5.74, 6) is 0.197. The molecule has 21 heavy (non-hydrogen) atoms. The molecule has 1 aromatic rings. The number of amides is 1. The molecule has 0 radical (unpaired) electrons. The molecule has 1 saturated carbocycles. The lowest BCUT2D eigenvalue weighted by atomic mass is 10.2. The first-order valence-corrected chi connectivity index (χ1v) is 8.36. The highest BCUT2D eigenvalue weighted by Crippen LogP contribution is 2.57. The summed E-state index contributed by atoms with van der Waals surface area (Å²) in [6, 6.07) is 6.91. The maximum atomic E-state index is 12.4. The summed E-state index contributed by atoms with van der Waals surface area (Å²) in [6.45, 7) is 2.89. The Bertz CT molecular complexity index is 671. The minimum Gasteiger partial charge on any atom is -0.494 e. The van der Waals surface area contributed by atoms with Gasteiger partial charge < -0.3 is 10.1 Å². The molecule has 2 atom stereocenters. The third-order valence-corrected chi connectivity index (χ3v) is 6.78. The molecule has 1 amide bonds. The van der Waals surface area contributed by atoms with E-state index in [0.717, 1.165) is 0 Å². The van der Waals surface area contributed by atoms with Gasteiger partial charge in [-0.15, -0.1) is 0 Å². The predicted octanol–water partition coefficient (Wildman–Crippen LogP) is 1.06. The van der Waals surface area contributed by atoms with Crippen molar-refractivity contribution in [1.82, 2.24) is 4.31 Å². The molecule has 1 heterocycles. The topological polar surface area (TPSA) is 75.7 Å². The molecule has 2 fully saturated rings. The van der Waals surface area contributed by atoms with Gasteiger partial charge in [0.2, 0.25) is 15.9 Å². The number of benzene rings is 1. The second kappa shape index (κ2) is 4.71. The molecule has 1 saturated heterocycles. The zero-order chi connectivity index (χ0) is 15.3. The van der Waals surface area contributed by atoms with E-state index in [9.17, 15) is 13.2 Å². The monoisotopic (exact) mass is 310 g/mol. The molecule has 2 aliphatic rings. The Hall–Kier alpha value is -1.60. The minimum atomic E-state index is -3.53. The van der Waals surface area contributed by atoms with Gasteiger partial charge in [-0.25, -0.2) is 12.7 Å². The van der Waals surface area contributed by atoms with E-state index in [1.54, 1.807) is 24.3 Å². The molecule has 1 aliphatic carbocycles. The van der Waals surface area contributed by atoms with Crippen LogP contribution in [0.25, 0.3) is 0 Å². The maximum Gasteiger partial charge on any atom is 0.247 e. The molecule has 3 rings (SSSR count). The summed E-state index contributed by atoms with van der Waals surface area (Å²) in [6.07, 6.45) is 0.419. The first-order chi connectivity index (χ1) is 9.91. The SMILES string of the molecule is CCOc1ccc(NC(=O)[C@@]23C[C@H]2CN(C)S3(=O)=O)cc1. The summed E-state index contributed by atoms with van der Waals surface area (Å²) in [5, 5.41) is 2.71. The predicted molar refractivity (Wildman–Crippen MR) is 78.6 cm³/mol. The molecular formula is C14H18N2O4S. The van der Waals surface area contributed by atoms with Crippen molar-refractivity contribution in [3.05, 3.63) is 24.3 Å². The molecule has 1 aliphatic heterocycles. The van der Waals surface area contributed by atoms with Crippen LogP contribution in [0.3, 0.4) is 0 Å². The van der Waals surface area contributed by atoms with Crippen molar-refractivity contribution >= 4 is 21.6 Å². The number of rotatable bonds is 4. The number of anilines is 1. The average Bonchev–Trinajstić information content (AvgIpc) is 3.12. The largest absolute Gasteiger partial charge is 0.494 e. The second-order valence-electron chi connectivity index (χ2n) is 5.49. The standard InChI is InChI=1S/C14H18N2O4S/c1-3-20-12-6-4-11(5-7-12)15-13(17)14-8-10(14)9-16(2)21(14,18)19/h4-7,10H,3,8-9H2,1-2H3,(H,15,17)/t10-,14+/m0/s1. The Balaban J connectivity index is 1.76. The molecule has 114 valence electrons. The van der Waals surface area contributed by atoms with Gasteiger partial charge in [-0.05, 0) is 37.6 Å². The Kier molecular flexibility index (Phi) is 3.22. The molecule has 6 nitrogen and oxygen atoms in total. The highest BCUT2D eigenvalue weighted by atomic mass is 32.2. The van der Waals surface area contributed by atoms with Crippen molar-refractivity contribution in [2.75, 3.05) is 25.5 Å². The minimum absolute atomic E-state index is 0.0878. The molecule has 0 spiro atoms. The molecule has 0 bridgehead atoms. The van der Waals surface area contributed by atoms with Crippen LogP contribution >= 0.6 is 0 Å². The Morgan fingerprint density at radius 2 is 2.10 bits per heavy atom. The average molecular weight is 310 g/mol. The summed E-state index contributed by atoms with van der Waals surface area (Å²) in [5.41, 5.74) is 0.577. The number of sulfonamides is 1. The third-order valence-electron chi connectivity index (χ3n) is 4.20. The van der Waals surface area contributed by atoms with Gasteiger partial charge in [-0.2, -0.15) is 0 Å². The van der Waals surface area contributed by atoms with Gasteiger partial charge >= 0.3 is 0 Å². The molecule has 7 heteroatoms. The van der Waals surface area contributed by atoms with Crippen molar-refractivity contribution in [2.24, 2.45) is 5.92 Å². The van der Waals surface area contributed by atoms with E-state index in [4.69, 9.17) is 4.74 Å². The van der Waals surface area contributed by atoms with E-state index >= 15 is 0 Å². The number of nitrogens with one attached hydrogen (secondary N) is 1. The van der Waals surface area contributed by atoms with Crippen LogP contribution in [0.2, 0.25) is 0 Å². The van der Waals surface area contributed by atoms with Crippen molar-refractivity contribution in [1.29, 1.82) is 0 Å². The highest BCUT2D eigenvalue weighted by molar-refractivity contribution is 7.92. The third kappa shape index (κ3) is 2.03. The van der Waals surface area contributed by atoms with Crippen molar-refractivity contribution in [2.45, 2.75) is 18.1 Å². The lowest BCUT2D eigenvalue weighted by Gasteiger charge is -2.17. The van der Waals surface area contributed by atoms with Crippen LogP contribution in [0.15, 0.2) is 24.3 Å². The van der Waals surface area contributed by atoms with E-state index in [0.29, 0.717) is 31.0 Å². The van der Waals surface area contributed by atoms with Crippen molar-refractivity contribution in [3.8, 4) is 5.75 Å². The fraction of sp³-hybridized carbons (Fsp3) is 0.500. The number of hydrogen-bond acceptors (Lipinski definition) is 4. The summed E-state index contributed by atoms with van der Waals surface area (Å²) in [4.78, 5) is 12.4. The molecule has 1 N–H and O–H groups in total. The van der Waals surface area contributed by atoms with Gasteiger partial charge in [0.15, 0.2) is 4.75 Å². The van der Waals surface area contributed by atoms with Crippen LogP contribution in [0, 0.1) is 5.92 Å². The smallest absolute Gasteiger partial charge is 0.247 e. The quantitative estimate of drug-likeness (QED) is 0.902. The van der Waals surface area contributed by atoms with Gasteiger partial charge in [0, 0.05) is 25.2 Å². The van der Waals surface area contributed by atoms with Crippen LogP contribution in [0.1, 0.15) is 13.3 Å². The summed E-state index contributed by atoms with van der Waals surface area (Å²) in [7, 11) is -2.01. The fourth-order valence-electron chi connectivity index (χ4n) is 2.95. The van der Waals surface area contributed by atoms with Crippen molar-refractivity contribution < 1.29 is 17.9 Å². The van der Waals surface area contributed by atoms with E-state index in [-0.39, 0.29) is 5.92 Å². The van der Waals surface area contributed by atoms with Gasteiger partial charge in [0.25, 0.3) is 0 Å². The summed E-state index contributed by atoms with van der Waals surface area (Å²) >= 11 is 0. The zero-order valence-corrected chi connectivity index (χ0v) is 12.8. The number of nitrogens with zero attached hydrogens (tertiary/aromatic N) is 1. The lowest BCUT2D eigenvalue weighted by Crippen LogP contribution is -2.40. The number of hydrogen-bond donors (Lipinski definition) is 1. The van der Waals surface area contributed by atoms with Gasteiger partial charge in [-0.3, -0.25) is 4.79 Å². The maximum absolute atomic E-state index is 12.4. The Morgan fingerprint density at radius 1 is 1.43 bits per heavy atom. The van der Waals surface area contributed by atoms with E-state index in [2.05, 4.69) is 5.32 Å². The summed E-state index contributed by atoms with van der Waals surface area (Å²) < 4.78 is 29.9. The highest BCUT2D eigenvalue weighted by Gasteiger charge is 2.74. The normalized spacial score (nSPS) is 29.7. The molecule has 0 aromatic heterocycles. The van der Waals surface area contributed by atoms with Crippen LogP contribution in [0.5, 0.6) is 5.75 Å². The second-order valence-corrected chi connectivity index (χ2v) is 7.79. The van der Waals surface area contributed by atoms with E-state index in [1.807, 2.05) is 6.92 Å². The molecule has 1 aromatic carbocycles. The lowest BCUT2D eigenvalue weighted by molar-refractivity contribution is -0.116. The van der Waals surface area contributed by atoms with Crippen LogP contribution in [0.4, 0.5) is 5.69 Å². The fourth-order valence-corrected chi connectivity index (χ4v) is 5.08. The molecular weight excluding hydrogens is 292 g/mol. The van der Waals surface area contributed by atoms with Crippen molar-refractivity contribution in [3.63, 3.8) is 0 Å². The number of fused-ring (bicyclic) bond motifs is 1. The molecule has 0 unspecified atom stereocenters. The van der Waals surface area contributed by atoms with Gasteiger partial charge in [-0.1, -0.05) is 0 Å². The number of ether oxygens (including phenoxy) is 1. The van der Waals surface area contributed by atoms with E-state index in [1.165, 1.54) is 11.4 Å². The van der Waals surface area contributed by atoms with Crippen LogP contribution in [-0.4, -0.2) is 43.6 Å². The first kappa shape index (κ1) is 14.3. The first-order valence-electron chi connectivity index (χ1n) is 6.92. The van der Waals surface area contributed by atoms with Crippen LogP contribution < -0.4 is 10.1 Å².